The lowest BCUT2D eigenvalue weighted by Crippen LogP contribution is -2.49. The Labute approximate surface area is 138 Å². The molecule has 0 aliphatic carbocycles. The summed E-state index contributed by atoms with van der Waals surface area (Å²) in [4.78, 5) is 13.9. The molecule has 1 N–H and O–H groups in total. The summed E-state index contributed by atoms with van der Waals surface area (Å²) in [5, 5.41) is 3.44. The van der Waals surface area contributed by atoms with Crippen LogP contribution in [0, 0.1) is 12.7 Å². The van der Waals surface area contributed by atoms with E-state index in [2.05, 4.69) is 5.32 Å². The number of carbonyl (C=O) groups excluding carboxylic acids is 1. The third-order valence-corrected chi connectivity index (χ3v) is 3.97. The number of benzene rings is 1. The fraction of sp³-hybridized carbons (Fsp3) is 0.611. The highest BCUT2D eigenvalue weighted by Crippen LogP contribution is 2.16. The van der Waals surface area contributed by atoms with Crippen LogP contribution in [0.3, 0.4) is 0 Å². The van der Waals surface area contributed by atoms with E-state index in [4.69, 9.17) is 4.74 Å². The highest BCUT2D eigenvalue weighted by molar-refractivity contribution is 5.68. The van der Waals surface area contributed by atoms with Gasteiger partial charge in [-0.3, -0.25) is 0 Å². The number of carbonyl (C=O) groups is 1. The zero-order valence-electron chi connectivity index (χ0n) is 14.5. The van der Waals surface area contributed by atoms with E-state index in [1.165, 1.54) is 6.07 Å². The van der Waals surface area contributed by atoms with Crippen molar-refractivity contribution in [1.29, 1.82) is 0 Å². The van der Waals surface area contributed by atoms with E-state index in [1.54, 1.807) is 17.0 Å². The van der Waals surface area contributed by atoms with Crippen LogP contribution in [0.2, 0.25) is 0 Å². The van der Waals surface area contributed by atoms with Gasteiger partial charge in [0.2, 0.25) is 0 Å². The van der Waals surface area contributed by atoms with Crippen molar-refractivity contribution in [2.45, 2.75) is 58.7 Å². The Bertz CT molecular complexity index is 554. The molecule has 0 aromatic heterocycles. The number of likely N-dealkylation sites (tertiary alicyclic amines) is 1. The van der Waals surface area contributed by atoms with Crippen molar-refractivity contribution in [2.75, 3.05) is 13.1 Å². The second-order valence-electron chi connectivity index (χ2n) is 7.22. The number of nitrogens with zero attached hydrogens (tertiary/aromatic N) is 1. The Morgan fingerprint density at radius 2 is 2.17 bits per heavy atom. The summed E-state index contributed by atoms with van der Waals surface area (Å²) >= 11 is 0. The van der Waals surface area contributed by atoms with E-state index in [0.717, 1.165) is 30.5 Å². The van der Waals surface area contributed by atoms with Gasteiger partial charge in [-0.15, -0.1) is 0 Å². The lowest BCUT2D eigenvalue weighted by molar-refractivity contribution is 0.0187. The first kappa shape index (κ1) is 17.7. The SMILES string of the molecule is Cc1ccc(F)cc1CNC1CCCN(C(=O)OC(C)(C)C)C1. The van der Waals surface area contributed by atoms with Gasteiger partial charge in [0.15, 0.2) is 0 Å². The second kappa shape index (κ2) is 7.30. The third kappa shape index (κ3) is 5.50. The summed E-state index contributed by atoms with van der Waals surface area (Å²) in [6, 6.07) is 5.04. The van der Waals surface area contributed by atoms with Crippen molar-refractivity contribution in [3.05, 3.63) is 35.1 Å². The van der Waals surface area contributed by atoms with E-state index in [-0.39, 0.29) is 18.0 Å². The minimum atomic E-state index is -0.476. The highest BCUT2D eigenvalue weighted by Gasteiger charge is 2.27. The van der Waals surface area contributed by atoms with Crippen LogP contribution in [0.5, 0.6) is 0 Å². The van der Waals surface area contributed by atoms with Crippen molar-refractivity contribution >= 4 is 6.09 Å². The number of nitrogens with one attached hydrogen (secondary N) is 1. The van der Waals surface area contributed by atoms with Crippen LogP contribution in [-0.2, 0) is 11.3 Å². The molecule has 5 heteroatoms. The number of aryl methyl sites for hydroxylation is 1. The fourth-order valence-corrected chi connectivity index (χ4v) is 2.72. The molecule has 0 radical (unpaired) electrons. The first-order valence-corrected chi connectivity index (χ1v) is 8.21. The van der Waals surface area contributed by atoms with Gasteiger partial charge in [-0.1, -0.05) is 6.07 Å². The van der Waals surface area contributed by atoms with E-state index < -0.39 is 5.60 Å². The second-order valence-corrected chi connectivity index (χ2v) is 7.22. The number of ether oxygens (including phenoxy) is 1. The molecule has 1 aromatic rings. The number of halogens is 1. The maximum absolute atomic E-state index is 13.3. The number of hydrogen-bond acceptors (Lipinski definition) is 3. The zero-order valence-corrected chi connectivity index (χ0v) is 14.5. The Morgan fingerprint density at radius 3 is 2.87 bits per heavy atom. The molecule has 1 aliphatic rings. The van der Waals surface area contributed by atoms with Crippen LogP contribution < -0.4 is 5.32 Å². The minimum Gasteiger partial charge on any atom is -0.444 e. The van der Waals surface area contributed by atoms with E-state index in [0.29, 0.717) is 13.1 Å². The van der Waals surface area contributed by atoms with Crippen LogP contribution in [-0.4, -0.2) is 35.7 Å². The number of hydrogen-bond donors (Lipinski definition) is 1. The van der Waals surface area contributed by atoms with E-state index in [9.17, 15) is 9.18 Å². The average molecular weight is 322 g/mol. The first-order valence-electron chi connectivity index (χ1n) is 8.21. The van der Waals surface area contributed by atoms with Crippen molar-refractivity contribution in [2.24, 2.45) is 0 Å². The molecule has 1 amide bonds. The summed E-state index contributed by atoms with van der Waals surface area (Å²) in [7, 11) is 0. The molecule has 4 nitrogen and oxygen atoms in total. The maximum Gasteiger partial charge on any atom is 0.410 e. The molecule has 1 aliphatic heterocycles. The summed E-state index contributed by atoms with van der Waals surface area (Å²) in [6.07, 6.45) is 1.69. The molecular weight excluding hydrogens is 295 g/mol. The topological polar surface area (TPSA) is 41.6 Å². The molecule has 0 saturated carbocycles. The summed E-state index contributed by atoms with van der Waals surface area (Å²) in [5.74, 6) is -0.216. The smallest absolute Gasteiger partial charge is 0.410 e. The van der Waals surface area contributed by atoms with Gasteiger partial charge in [-0.2, -0.15) is 0 Å². The van der Waals surface area contributed by atoms with Crippen molar-refractivity contribution in [3.8, 4) is 0 Å². The lowest BCUT2D eigenvalue weighted by Gasteiger charge is -2.34. The predicted octanol–water partition coefficient (Wildman–Crippen LogP) is 3.62. The number of piperidine rings is 1. The quantitative estimate of drug-likeness (QED) is 0.924. The zero-order chi connectivity index (χ0) is 17.0. The van der Waals surface area contributed by atoms with Gasteiger partial charge in [0, 0.05) is 25.7 Å². The first-order chi connectivity index (χ1) is 10.7. The van der Waals surface area contributed by atoms with Crippen molar-refractivity contribution in [1.82, 2.24) is 10.2 Å². The Morgan fingerprint density at radius 1 is 1.43 bits per heavy atom. The molecular formula is C18H27FN2O2. The van der Waals surface area contributed by atoms with Crippen molar-refractivity contribution in [3.63, 3.8) is 0 Å². The molecule has 1 unspecified atom stereocenters. The Hall–Kier alpha value is -1.62. The van der Waals surface area contributed by atoms with Gasteiger partial charge in [0.05, 0.1) is 0 Å². The fourth-order valence-electron chi connectivity index (χ4n) is 2.72. The molecule has 0 bridgehead atoms. The van der Waals surface area contributed by atoms with Crippen molar-refractivity contribution < 1.29 is 13.9 Å². The Balaban J connectivity index is 1.89. The van der Waals surface area contributed by atoms with Gasteiger partial charge in [-0.05, 0) is 63.8 Å². The van der Waals surface area contributed by atoms with Gasteiger partial charge in [0.1, 0.15) is 11.4 Å². The molecule has 1 heterocycles. The van der Waals surface area contributed by atoms with Gasteiger partial charge in [-0.25, -0.2) is 9.18 Å². The Kier molecular flexibility index (Phi) is 5.63. The molecule has 2 rings (SSSR count). The number of amides is 1. The molecule has 1 atom stereocenters. The highest BCUT2D eigenvalue weighted by atomic mass is 19.1. The van der Waals surface area contributed by atoms with Gasteiger partial charge >= 0.3 is 6.09 Å². The van der Waals surface area contributed by atoms with Gasteiger partial charge < -0.3 is 15.0 Å². The standard InChI is InChI=1S/C18H27FN2O2/c1-13-7-8-15(19)10-14(13)11-20-16-6-5-9-21(12-16)17(22)23-18(2,3)4/h7-8,10,16,20H,5-6,9,11-12H2,1-4H3. The molecule has 0 spiro atoms. The largest absolute Gasteiger partial charge is 0.444 e. The minimum absolute atomic E-state index is 0.207. The third-order valence-electron chi connectivity index (χ3n) is 3.97. The monoisotopic (exact) mass is 322 g/mol. The molecule has 128 valence electrons. The van der Waals surface area contributed by atoms with Crippen LogP contribution in [0.15, 0.2) is 18.2 Å². The normalized spacial score (nSPS) is 18.8. The summed E-state index contributed by atoms with van der Waals surface area (Å²) < 4.78 is 18.8. The maximum atomic E-state index is 13.3. The molecule has 23 heavy (non-hydrogen) atoms. The molecule has 1 saturated heterocycles. The average Bonchev–Trinajstić information content (AvgIpc) is 2.47. The van der Waals surface area contributed by atoms with Crippen LogP contribution in [0.4, 0.5) is 9.18 Å². The summed E-state index contributed by atoms with van der Waals surface area (Å²) in [5.41, 5.74) is 1.55. The molecule has 1 aromatic carbocycles. The van der Waals surface area contributed by atoms with Crippen LogP contribution in [0.25, 0.3) is 0 Å². The molecule has 1 fully saturated rings. The van der Waals surface area contributed by atoms with Crippen LogP contribution in [0.1, 0.15) is 44.7 Å². The number of rotatable bonds is 3. The van der Waals surface area contributed by atoms with E-state index >= 15 is 0 Å². The lowest BCUT2D eigenvalue weighted by atomic mass is 10.0. The van der Waals surface area contributed by atoms with E-state index in [1.807, 2.05) is 27.7 Å². The van der Waals surface area contributed by atoms with Crippen LogP contribution >= 0.6 is 0 Å². The predicted molar refractivity (Wildman–Crippen MR) is 88.8 cm³/mol. The summed E-state index contributed by atoms with van der Waals surface area (Å²) in [6.45, 7) is 9.56. The van der Waals surface area contributed by atoms with Gasteiger partial charge in [0.25, 0.3) is 0 Å².